The molecule has 138 valence electrons. The van der Waals surface area contributed by atoms with Gasteiger partial charge in [0.1, 0.15) is 11.5 Å². The van der Waals surface area contributed by atoms with E-state index in [1.54, 1.807) is 17.6 Å². The predicted octanol–water partition coefficient (Wildman–Crippen LogP) is 4.75. The third kappa shape index (κ3) is 3.61. The average Bonchev–Trinajstić information content (AvgIpc) is 3.09. The Kier molecular flexibility index (Phi) is 4.80. The standard InChI is InChI=1S/C19H19F3N2O2/c1-3-8-23-18(25)16-10-17-15(9-12(2)26-17)24(16)11-13-4-6-14(7-5-13)19(20,21)22/h4-7,9-10H,3,8,11H2,1-2H3,(H,23,25). The van der Waals surface area contributed by atoms with E-state index in [-0.39, 0.29) is 12.5 Å². The number of carbonyl (C=O) groups is 1. The number of amides is 1. The van der Waals surface area contributed by atoms with E-state index >= 15 is 0 Å². The zero-order valence-corrected chi connectivity index (χ0v) is 14.5. The number of aromatic nitrogens is 1. The van der Waals surface area contributed by atoms with Crippen LogP contribution in [0.3, 0.4) is 0 Å². The molecule has 1 N–H and O–H groups in total. The lowest BCUT2D eigenvalue weighted by atomic mass is 10.1. The van der Waals surface area contributed by atoms with Gasteiger partial charge in [-0.05, 0) is 31.0 Å². The van der Waals surface area contributed by atoms with E-state index < -0.39 is 11.7 Å². The van der Waals surface area contributed by atoms with Crippen molar-refractivity contribution in [3.63, 3.8) is 0 Å². The molecule has 1 aromatic carbocycles. The van der Waals surface area contributed by atoms with Crippen molar-refractivity contribution >= 4 is 17.0 Å². The number of benzene rings is 1. The minimum absolute atomic E-state index is 0.234. The molecule has 0 saturated carbocycles. The molecule has 0 bridgehead atoms. The fourth-order valence-corrected chi connectivity index (χ4v) is 2.83. The minimum atomic E-state index is -4.37. The van der Waals surface area contributed by atoms with Crippen molar-refractivity contribution in [2.24, 2.45) is 0 Å². The molecule has 2 heterocycles. The average molecular weight is 364 g/mol. The molecule has 0 aliphatic carbocycles. The van der Waals surface area contributed by atoms with Gasteiger partial charge in [-0.2, -0.15) is 13.2 Å². The van der Waals surface area contributed by atoms with E-state index in [0.29, 0.717) is 29.1 Å². The van der Waals surface area contributed by atoms with Crippen molar-refractivity contribution < 1.29 is 22.4 Å². The first-order valence-corrected chi connectivity index (χ1v) is 8.33. The summed E-state index contributed by atoms with van der Waals surface area (Å²) in [6.45, 7) is 4.58. The van der Waals surface area contributed by atoms with Crippen molar-refractivity contribution in [3.8, 4) is 0 Å². The molecule has 3 rings (SSSR count). The highest BCUT2D eigenvalue weighted by molar-refractivity contribution is 5.97. The number of fused-ring (bicyclic) bond motifs is 1. The summed E-state index contributed by atoms with van der Waals surface area (Å²) in [5, 5.41) is 2.82. The van der Waals surface area contributed by atoms with Gasteiger partial charge < -0.3 is 14.3 Å². The van der Waals surface area contributed by atoms with Gasteiger partial charge >= 0.3 is 6.18 Å². The van der Waals surface area contributed by atoms with E-state index in [2.05, 4.69) is 5.32 Å². The Morgan fingerprint density at radius 2 is 1.88 bits per heavy atom. The number of hydrogen-bond acceptors (Lipinski definition) is 2. The van der Waals surface area contributed by atoms with Gasteiger partial charge in [0.25, 0.3) is 5.91 Å². The first kappa shape index (κ1) is 18.1. The quantitative estimate of drug-likeness (QED) is 0.710. The minimum Gasteiger partial charge on any atom is -0.460 e. The van der Waals surface area contributed by atoms with Crippen molar-refractivity contribution in [3.05, 3.63) is 59.0 Å². The second kappa shape index (κ2) is 6.90. The maximum absolute atomic E-state index is 12.7. The molecule has 0 aliphatic heterocycles. The highest BCUT2D eigenvalue weighted by atomic mass is 19.4. The van der Waals surface area contributed by atoms with Crippen molar-refractivity contribution in [1.29, 1.82) is 0 Å². The summed E-state index contributed by atoms with van der Waals surface area (Å²) in [6.07, 6.45) is -3.56. The third-order valence-electron chi connectivity index (χ3n) is 4.10. The molecule has 0 atom stereocenters. The lowest BCUT2D eigenvalue weighted by Gasteiger charge is -2.12. The van der Waals surface area contributed by atoms with Crippen LogP contribution in [-0.2, 0) is 12.7 Å². The normalized spacial score (nSPS) is 11.9. The second-order valence-electron chi connectivity index (χ2n) is 6.17. The first-order chi connectivity index (χ1) is 12.3. The Hall–Kier alpha value is -2.70. The van der Waals surface area contributed by atoms with Crippen LogP contribution in [-0.4, -0.2) is 17.0 Å². The molecule has 0 saturated heterocycles. The van der Waals surface area contributed by atoms with Crippen LogP contribution in [0.1, 0.15) is 40.7 Å². The first-order valence-electron chi connectivity index (χ1n) is 8.33. The third-order valence-corrected chi connectivity index (χ3v) is 4.10. The van der Waals surface area contributed by atoms with Gasteiger partial charge in [-0.15, -0.1) is 0 Å². The van der Waals surface area contributed by atoms with Crippen LogP contribution in [0.25, 0.3) is 11.1 Å². The number of rotatable bonds is 5. The van der Waals surface area contributed by atoms with Crippen LogP contribution in [0.2, 0.25) is 0 Å². The van der Waals surface area contributed by atoms with Crippen LogP contribution in [0.5, 0.6) is 0 Å². The number of alkyl halides is 3. The second-order valence-corrected chi connectivity index (χ2v) is 6.17. The molecule has 1 amide bonds. The molecule has 26 heavy (non-hydrogen) atoms. The summed E-state index contributed by atoms with van der Waals surface area (Å²) in [5.74, 6) is 0.472. The lowest BCUT2D eigenvalue weighted by Crippen LogP contribution is -2.26. The van der Waals surface area contributed by atoms with Gasteiger partial charge in [-0.1, -0.05) is 19.1 Å². The van der Waals surface area contributed by atoms with E-state index in [1.165, 1.54) is 12.1 Å². The number of aryl methyl sites for hydroxylation is 1. The SMILES string of the molecule is CCCNC(=O)c1cc2oc(C)cc2n1Cc1ccc(C(F)(F)F)cc1. The maximum atomic E-state index is 12.7. The number of carbonyl (C=O) groups excluding carboxylic acids is 1. The summed E-state index contributed by atoms with van der Waals surface area (Å²) < 4.78 is 45.5. The smallest absolute Gasteiger partial charge is 0.416 e. The highest BCUT2D eigenvalue weighted by Gasteiger charge is 2.30. The number of furan rings is 1. The van der Waals surface area contributed by atoms with Crippen LogP contribution in [0.4, 0.5) is 13.2 Å². The summed E-state index contributed by atoms with van der Waals surface area (Å²) in [6, 6.07) is 8.43. The summed E-state index contributed by atoms with van der Waals surface area (Å²) >= 11 is 0. The predicted molar refractivity (Wildman–Crippen MR) is 92.1 cm³/mol. The fraction of sp³-hybridized carbons (Fsp3) is 0.316. The van der Waals surface area contributed by atoms with Crippen LogP contribution in [0.15, 0.2) is 40.8 Å². The molecule has 0 fully saturated rings. The fourth-order valence-electron chi connectivity index (χ4n) is 2.83. The van der Waals surface area contributed by atoms with E-state index in [9.17, 15) is 18.0 Å². The lowest BCUT2D eigenvalue weighted by molar-refractivity contribution is -0.137. The van der Waals surface area contributed by atoms with Crippen LogP contribution < -0.4 is 5.32 Å². The largest absolute Gasteiger partial charge is 0.460 e. The molecule has 0 unspecified atom stereocenters. The van der Waals surface area contributed by atoms with Gasteiger partial charge in [-0.3, -0.25) is 4.79 Å². The molecule has 2 aromatic heterocycles. The number of hydrogen-bond donors (Lipinski definition) is 1. The Bertz CT molecular complexity index is 921. The van der Waals surface area contributed by atoms with Crippen LogP contribution in [0, 0.1) is 6.92 Å². The highest BCUT2D eigenvalue weighted by Crippen LogP contribution is 2.30. The Labute approximate surface area is 148 Å². The number of nitrogens with one attached hydrogen (secondary N) is 1. The molecule has 7 heteroatoms. The van der Waals surface area contributed by atoms with Gasteiger partial charge in [-0.25, -0.2) is 0 Å². The van der Waals surface area contributed by atoms with E-state index in [1.807, 2.05) is 13.0 Å². The zero-order chi connectivity index (χ0) is 18.9. The van der Waals surface area contributed by atoms with Crippen molar-refractivity contribution in [2.75, 3.05) is 6.54 Å². The molecule has 0 spiro atoms. The molecule has 3 aromatic rings. The summed E-state index contributed by atoms with van der Waals surface area (Å²) in [5.41, 5.74) is 1.71. The Morgan fingerprint density at radius 1 is 1.19 bits per heavy atom. The van der Waals surface area contributed by atoms with E-state index in [4.69, 9.17) is 4.42 Å². The van der Waals surface area contributed by atoms with E-state index in [0.717, 1.165) is 24.1 Å². The zero-order valence-electron chi connectivity index (χ0n) is 14.5. The Balaban J connectivity index is 1.95. The topological polar surface area (TPSA) is 47.2 Å². The van der Waals surface area contributed by atoms with Gasteiger partial charge in [0.05, 0.1) is 11.1 Å². The molecule has 0 aliphatic rings. The maximum Gasteiger partial charge on any atom is 0.416 e. The van der Waals surface area contributed by atoms with Crippen molar-refractivity contribution in [1.82, 2.24) is 9.88 Å². The summed E-state index contributed by atoms with van der Waals surface area (Å²) in [4.78, 5) is 12.4. The molecular formula is C19H19F3N2O2. The van der Waals surface area contributed by atoms with Gasteiger partial charge in [0, 0.05) is 25.2 Å². The molecular weight excluding hydrogens is 345 g/mol. The van der Waals surface area contributed by atoms with Crippen molar-refractivity contribution in [2.45, 2.75) is 33.0 Å². The molecule has 0 radical (unpaired) electrons. The van der Waals surface area contributed by atoms with Gasteiger partial charge in [0.15, 0.2) is 5.58 Å². The Morgan fingerprint density at radius 3 is 2.50 bits per heavy atom. The number of halogens is 3. The monoisotopic (exact) mass is 364 g/mol. The van der Waals surface area contributed by atoms with Crippen LogP contribution >= 0.6 is 0 Å². The summed E-state index contributed by atoms with van der Waals surface area (Å²) in [7, 11) is 0. The van der Waals surface area contributed by atoms with Gasteiger partial charge in [0.2, 0.25) is 0 Å². The number of nitrogens with zero attached hydrogens (tertiary/aromatic N) is 1. The molecule has 4 nitrogen and oxygen atoms in total.